The van der Waals surface area contributed by atoms with Crippen LogP contribution in [0.15, 0.2) is 24.4 Å². The molecule has 2 rings (SSSR count). The summed E-state index contributed by atoms with van der Waals surface area (Å²) in [5.74, 6) is -0.0216. The highest BCUT2D eigenvalue weighted by Crippen LogP contribution is 2.10. The van der Waals surface area contributed by atoms with Crippen LogP contribution in [0.3, 0.4) is 0 Å². The summed E-state index contributed by atoms with van der Waals surface area (Å²) in [5, 5.41) is 7.31. The molecule has 0 aliphatic carbocycles. The fraction of sp³-hybridized carbons (Fsp3) is 0.250. The van der Waals surface area contributed by atoms with Crippen molar-refractivity contribution in [3.8, 4) is 0 Å². The number of nitrogens with zero attached hydrogens (tertiary/aromatic N) is 3. The quantitative estimate of drug-likeness (QED) is 0.859. The topological polar surface area (TPSA) is 59.3 Å². The molecule has 6 heteroatoms. The van der Waals surface area contributed by atoms with Crippen LogP contribution >= 0.6 is 11.6 Å². The van der Waals surface area contributed by atoms with E-state index in [1.54, 1.807) is 16.8 Å². The van der Waals surface area contributed by atoms with Gasteiger partial charge in [0.25, 0.3) is 0 Å². The molecule has 0 saturated heterocycles. The largest absolute Gasteiger partial charge is 0.356 e. The molecule has 18 heavy (non-hydrogen) atoms. The lowest BCUT2D eigenvalue weighted by Crippen LogP contribution is -2.20. The van der Waals surface area contributed by atoms with E-state index in [1.165, 1.54) is 6.92 Å². The second-order valence-electron chi connectivity index (χ2n) is 3.78. The number of hydrogen-bond donors (Lipinski definition) is 1. The number of imidazole rings is 1. The molecular weight excluding hydrogens is 252 g/mol. The number of carbonyl (C=O) groups is 1. The average Bonchev–Trinajstić information content (AvgIpc) is 2.71. The standard InChI is InChI=1S/C12H13ClN4O/c1-9(18)14-7-3-2-4-10-8-15-12-6-5-11(13)16-17(10)12/h2,4-6,8H,3,7H2,1H3,(H,14,18). The van der Waals surface area contributed by atoms with Crippen molar-refractivity contribution in [3.05, 3.63) is 35.3 Å². The van der Waals surface area contributed by atoms with Gasteiger partial charge in [0.15, 0.2) is 5.65 Å². The molecule has 1 amide bonds. The van der Waals surface area contributed by atoms with Gasteiger partial charge in [-0.2, -0.15) is 5.10 Å². The summed E-state index contributed by atoms with van der Waals surface area (Å²) in [6.45, 7) is 2.12. The van der Waals surface area contributed by atoms with Crippen molar-refractivity contribution < 1.29 is 4.79 Å². The van der Waals surface area contributed by atoms with E-state index >= 15 is 0 Å². The van der Waals surface area contributed by atoms with Crippen molar-refractivity contribution in [2.75, 3.05) is 6.54 Å². The minimum absolute atomic E-state index is 0.0216. The lowest BCUT2D eigenvalue weighted by molar-refractivity contribution is -0.118. The van der Waals surface area contributed by atoms with Gasteiger partial charge in [0, 0.05) is 13.5 Å². The first-order chi connectivity index (χ1) is 8.66. The first-order valence-corrected chi connectivity index (χ1v) is 5.96. The minimum atomic E-state index is -0.0216. The molecule has 5 nitrogen and oxygen atoms in total. The van der Waals surface area contributed by atoms with Crippen LogP contribution in [0, 0.1) is 0 Å². The number of rotatable bonds is 4. The van der Waals surface area contributed by atoms with E-state index < -0.39 is 0 Å². The van der Waals surface area contributed by atoms with Gasteiger partial charge >= 0.3 is 0 Å². The number of amides is 1. The summed E-state index contributed by atoms with van der Waals surface area (Å²) in [6, 6.07) is 3.51. The zero-order valence-electron chi connectivity index (χ0n) is 9.93. The number of halogens is 1. The van der Waals surface area contributed by atoms with E-state index in [-0.39, 0.29) is 5.91 Å². The summed E-state index contributed by atoms with van der Waals surface area (Å²) < 4.78 is 1.68. The molecule has 0 atom stereocenters. The maximum atomic E-state index is 10.7. The molecule has 0 radical (unpaired) electrons. The molecule has 0 bridgehead atoms. The lowest BCUT2D eigenvalue weighted by Gasteiger charge is -1.97. The van der Waals surface area contributed by atoms with Crippen molar-refractivity contribution in [1.29, 1.82) is 0 Å². The highest BCUT2D eigenvalue weighted by molar-refractivity contribution is 6.29. The monoisotopic (exact) mass is 264 g/mol. The Morgan fingerprint density at radius 1 is 1.56 bits per heavy atom. The third-order valence-electron chi connectivity index (χ3n) is 2.33. The van der Waals surface area contributed by atoms with Crippen LogP contribution in [0.5, 0.6) is 0 Å². The summed E-state index contributed by atoms with van der Waals surface area (Å²) >= 11 is 5.83. The fourth-order valence-corrected chi connectivity index (χ4v) is 1.66. The molecule has 0 saturated carbocycles. The fourth-order valence-electron chi connectivity index (χ4n) is 1.52. The molecule has 2 aromatic rings. The molecule has 94 valence electrons. The van der Waals surface area contributed by atoms with E-state index in [9.17, 15) is 4.79 Å². The van der Waals surface area contributed by atoms with E-state index in [2.05, 4.69) is 15.4 Å². The van der Waals surface area contributed by atoms with Gasteiger partial charge in [-0.3, -0.25) is 4.79 Å². The van der Waals surface area contributed by atoms with Gasteiger partial charge in [0.1, 0.15) is 5.15 Å². The first-order valence-electron chi connectivity index (χ1n) is 5.58. The van der Waals surface area contributed by atoms with Gasteiger partial charge in [-0.05, 0) is 24.6 Å². The Kier molecular flexibility index (Phi) is 3.94. The van der Waals surface area contributed by atoms with Crippen LogP contribution in [0.25, 0.3) is 11.7 Å². The summed E-state index contributed by atoms with van der Waals surface area (Å²) in [7, 11) is 0. The maximum absolute atomic E-state index is 10.7. The van der Waals surface area contributed by atoms with Crippen LogP contribution in [0.4, 0.5) is 0 Å². The molecule has 2 aromatic heterocycles. The van der Waals surface area contributed by atoms with Crippen LogP contribution in [0.2, 0.25) is 5.15 Å². The minimum Gasteiger partial charge on any atom is -0.356 e. The van der Waals surface area contributed by atoms with Crippen LogP contribution in [-0.2, 0) is 4.79 Å². The molecule has 0 aliphatic heterocycles. The van der Waals surface area contributed by atoms with Crippen molar-refractivity contribution in [2.45, 2.75) is 13.3 Å². The Bertz CT molecular complexity index is 591. The summed E-state index contributed by atoms with van der Waals surface area (Å²) in [4.78, 5) is 14.9. The Balaban J connectivity index is 2.05. The molecule has 0 fully saturated rings. The number of hydrogen-bond acceptors (Lipinski definition) is 3. The highest BCUT2D eigenvalue weighted by Gasteiger charge is 2.01. The zero-order chi connectivity index (χ0) is 13.0. The van der Waals surface area contributed by atoms with Crippen molar-refractivity contribution in [2.24, 2.45) is 0 Å². The molecule has 0 aliphatic rings. The maximum Gasteiger partial charge on any atom is 0.216 e. The Labute approximate surface area is 109 Å². The summed E-state index contributed by atoms with van der Waals surface area (Å²) in [5.41, 5.74) is 1.61. The molecular formula is C12H13ClN4O. The van der Waals surface area contributed by atoms with Gasteiger partial charge in [-0.25, -0.2) is 9.50 Å². The van der Waals surface area contributed by atoms with E-state index in [1.807, 2.05) is 18.2 Å². The number of aromatic nitrogens is 3. The smallest absolute Gasteiger partial charge is 0.216 e. The first kappa shape index (κ1) is 12.6. The van der Waals surface area contributed by atoms with Gasteiger partial charge in [0.05, 0.1) is 11.9 Å². The van der Waals surface area contributed by atoms with Gasteiger partial charge in [-0.15, -0.1) is 0 Å². The van der Waals surface area contributed by atoms with Gasteiger partial charge < -0.3 is 5.32 Å². The number of carbonyl (C=O) groups excluding carboxylic acids is 1. The number of nitrogens with one attached hydrogen (secondary N) is 1. The molecule has 0 spiro atoms. The Hall–Kier alpha value is -1.88. The van der Waals surface area contributed by atoms with Crippen LogP contribution in [0.1, 0.15) is 19.0 Å². The predicted molar refractivity (Wildman–Crippen MR) is 70.3 cm³/mol. The normalized spacial score (nSPS) is 11.2. The predicted octanol–water partition coefficient (Wildman–Crippen LogP) is 1.92. The van der Waals surface area contributed by atoms with E-state index in [0.29, 0.717) is 11.7 Å². The van der Waals surface area contributed by atoms with Crippen molar-refractivity contribution >= 4 is 29.2 Å². The lowest BCUT2D eigenvalue weighted by atomic mass is 10.3. The average molecular weight is 265 g/mol. The third kappa shape index (κ3) is 3.07. The highest BCUT2D eigenvalue weighted by atomic mass is 35.5. The van der Waals surface area contributed by atoms with Gasteiger partial charge in [-0.1, -0.05) is 17.7 Å². The van der Waals surface area contributed by atoms with E-state index in [0.717, 1.165) is 17.8 Å². The Morgan fingerprint density at radius 3 is 3.17 bits per heavy atom. The molecule has 0 unspecified atom stereocenters. The third-order valence-corrected chi connectivity index (χ3v) is 2.53. The molecule has 2 heterocycles. The van der Waals surface area contributed by atoms with Crippen molar-refractivity contribution in [3.63, 3.8) is 0 Å². The second kappa shape index (κ2) is 5.64. The molecule has 1 N–H and O–H groups in total. The summed E-state index contributed by atoms with van der Waals surface area (Å²) in [6.07, 6.45) is 6.36. The van der Waals surface area contributed by atoms with E-state index in [4.69, 9.17) is 11.6 Å². The van der Waals surface area contributed by atoms with Crippen LogP contribution in [-0.4, -0.2) is 27.0 Å². The van der Waals surface area contributed by atoms with Crippen molar-refractivity contribution in [1.82, 2.24) is 19.9 Å². The van der Waals surface area contributed by atoms with Crippen LogP contribution < -0.4 is 5.32 Å². The second-order valence-corrected chi connectivity index (χ2v) is 4.17. The molecule has 0 aromatic carbocycles. The van der Waals surface area contributed by atoms with Gasteiger partial charge in [0.2, 0.25) is 5.91 Å². The Morgan fingerprint density at radius 2 is 2.39 bits per heavy atom. The number of fused-ring (bicyclic) bond motifs is 1. The SMILES string of the molecule is CC(=O)NCCC=Cc1cnc2ccc(Cl)nn12. The zero-order valence-corrected chi connectivity index (χ0v) is 10.7.